The van der Waals surface area contributed by atoms with Gasteiger partial charge in [-0.1, -0.05) is 0 Å². The fourth-order valence-electron chi connectivity index (χ4n) is 2.01. The van der Waals surface area contributed by atoms with E-state index in [1.165, 1.54) is 13.0 Å². The smallest absolute Gasteiger partial charge is 0.352 e. The average Bonchev–Trinajstić information content (AvgIpc) is 2.29. The molecular formula is C13H14F3NO2. The molecule has 0 spiro atoms. The molecule has 1 aliphatic carbocycles. The Bertz CT molecular complexity index is 513. The van der Waals surface area contributed by atoms with Gasteiger partial charge in [0.1, 0.15) is 11.4 Å². The van der Waals surface area contributed by atoms with E-state index in [9.17, 15) is 23.1 Å². The summed E-state index contributed by atoms with van der Waals surface area (Å²) >= 11 is 0. The van der Waals surface area contributed by atoms with Gasteiger partial charge in [0.2, 0.25) is 0 Å². The standard InChI is InChI=1S/C13H14F3NO2/c1-8-7-9(14)3-4-10(8)17-11(18)13(15,16)12(19)5-2-6-12/h3-4,7,19H,2,5-6H2,1H3,(H,17,18). The zero-order valence-corrected chi connectivity index (χ0v) is 10.3. The Morgan fingerprint density at radius 1 is 1.42 bits per heavy atom. The lowest BCUT2D eigenvalue weighted by Crippen LogP contribution is -2.59. The van der Waals surface area contributed by atoms with Crippen LogP contribution < -0.4 is 5.32 Å². The summed E-state index contributed by atoms with van der Waals surface area (Å²) < 4.78 is 40.5. The van der Waals surface area contributed by atoms with E-state index in [0.29, 0.717) is 12.0 Å². The molecule has 2 rings (SSSR count). The van der Waals surface area contributed by atoms with E-state index in [0.717, 1.165) is 12.1 Å². The van der Waals surface area contributed by atoms with Gasteiger partial charge in [-0.05, 0) is 49.9 Å². The van der Waals surface area contributed by atoms with E-state index in [1.54, 1.807) is 0 Å². The molecule has 1 aromatic carbocycles. The maximum absolute atomic E-state index is 13.8. The van der Waals surface area contributed by atoms with Gasteiger partial charge >= 0.3 is 5.92 Å². The molecule has 1 aromatic rings. The van der Waals surface area contributed by atoms with Gasteiger partial charge in [-0.25, -0.2) is 4.39 Å². The van der Waals surface area contributed by atoms with Crippen LogP contribution in [0, 0.1) is 12.7 Å². The summed E-state index contributed by atoms with van der Waals surface area (Å²) in [4.78, 5) is 11.6. The van der Waals surface area contributed by atoms with Crippen molar-refractivity contribution >= 4 is 11.6 Å². The average molecular weight is 273 g/mol. The second kappa shape index (κ2) is 4.52. The molecule has 0 saturated heterocycles. The first-order chi connectivity index (χ1) is 8.76. The Kier molecular flexibility index (Phi) is 3.30. The van der Waals surface area contributed by atoms with Gasteiger partial charge in [0, 0.05) is 5.69 Å². The van der Waals surface area contributed by atoms with E-state index < -0.39 is 23.2 Å². The number of aliphatic hydroxyl groups is 1. The van der Waals surface area contributed by atoms with Gasteiger partial charge in [0.05, 0.1) is 0 Å². The zero-order valence-electron chi connectivity index (χ0n) is 10.3. The van der Waals surface area contributed by atoms with Crippen LogP contribution in [0.25, 0.3) is 0 Å². The lowest BCUT2D eigenvalue weighted by Gasteiger charge is -2.41. The van der Waals surface area contributed by atoms with Gasteiger partial charge in [0.25, 0.3) is 5.91 Å². The minimum Gasteiger partial charge on any atom is -0.383 e. The Balaban J connectivity index is 2.16. The molecule has 0 aromatic heterocycles. The minimum atomic E-state index is -3.86. The molecule has 19 heavy (non-hydrogen) atoms. The van der Waals surface area contributed by atoms with Crippen LogP contribution in [0.5, 0.6) is 0 Å². The van der Waals surface area contributed by atoms with E-state index >= 15 is 0 Å². The summed E-state index contributed by atoms with van der Waals surface area (Å²) in [6, 6.07) is 3.41. The maximum atomic E-state index is 13.8. The van der Waals surface area contributed by atoms with Gasteiger partial charge in [-0.15, -0.1) is 0 Å². The van der Waals surface area contributed by atoms with Crippen LogP contribution >= 0.6 is 0 Å². The summed E-state index contributed by atoms with van der Waals surface area (Å²) in [6.45, 7) is 1.49. The topological polar surface area (TPSA) is 49.3 Å². The van der Waals surface area contributed by atoms with Gasteiger partial charge in [-0.3, -0.25) is 4.79 Å². The van der Waals surface area contributed by atoms with Crippen LogP contribution in [0.1, 0.15) is 24.8 Å². The Morgan fingerprint density at radius 3 is 2.53 bits per heavy atom. The number of rotatable bonds is 3. The van der Waals surface area contributed by atoms with Crippen LogP contribution in [-0.4, -0.2) is 22.5 Å². The van der Waals surface area contributed by atoms with Crippen molar-refractivity contribution in [1.82, 2.24) is 0 Å². The Hall–Kier alpha value is -1.56. The monoisotopic (exact) mass is 273 g/mol. The second-order valence-electron chi connectivity index (χ2n) is 4.87. The highest BCUT2D eigenvalue weighted by Crippen LogP contribution is 2.44. The van der Waals surface area contributed by atoms with Crippen LogP contribution in [0.2, 0.25) is 0 Å². The number of hydrogen-bond acceptors (Lipinski definition) is 2. The third-order valence-electron chi connectivity index (χ3n) is 3.49. The number of halogens is 3. The summed E-state index contributed by atoms with van der Waals surface area (Å²) in [6.07, 6.45) is 0.264. The van der Waals surface area contributed by atoms with Gasteiger partial charge in [0.15, 0.2) is 0 Å². The fraction of sp³-hybridized carbons (Fsp3) is 0.462. The molecule has 6 heteroatoms. The number of carbonyl (C=O) groups is 1. The largest absolute Gasteiger partial charge is 0.383 e. The molecule has 0 atom stereocenters. The number of amides is 1. The molecule has 0 heterocycles. The van der Waals surface area contributed by atoms with Crippen LogP contribution in [-0.2, 0) is 4.79 Å². The number of aryl methyl sites for hydroxylation is 1. The number of hydrogen-bond donors (Lipinski definition) is 2. The Morgan fingerprint density at radius 2 is 2.05 bits per heavy atom. The van der Waals surface area contributed by atoms with Crippen LogP contribution in [0.4, 0.5) is 18.9 Å². The van der Waals surface area contributed by atoms with Crippen molar-refractivity contribution in [3.8, 4) is 0 Å². The first-order valence-corrected chi connectivity index (χ1v) is 5.94. The molecule has 104 valence electrons. The molecule has 0 bridgehead atoms. The van der Waals surface area contributed by atoms with Gasteiger partial charge in [-0.2, -0.15) is 8.78 Å². The summed E-state index contributed by atoms with van der Waals surface area (Å²) in [7, 11) is 0. The highest BCUT2D eigenvalue weighted by atomic mass is 19.3. The van der Waals surface area contributed by atoms with Crippen LogP contribution in [0.3, 0.4) is 0 Å². The normalized spacial score (nSPS) is 17.7. The first-order valence-electron chi connectivity index (χ1n) is 5.94. The molecule has 0 unspecified atom stereocenters. The SMILES string of the molecule is Cc1cc(F)ccc1NC(=O)C(F)(F)C1(O)CCC1. The predicted molar refractivity (Wildman–Crippen MR) is 63.5 cm³/mol. The number of benzene rings is 1. The predicted octanol–water partition coefficient (Wildman–Crippen LogP) is 2.62. The summed E-state index contributed by atoms with van der Waals surface area (Å²) in [5.41, 5.74) is -1.82. The molecular weight excluding hydrogens is 259 g/mol. The molecule has 0 aliphatic heterocycles. The molecule has 3 nitrogen and oxygen atoms in total. The summed E-state index contributed by atoms with van der Waals surface area (Å²) in [5, 5.41) is 11.7. The fourth-order valence-corrected chi connectivity index (χ4v) is 2.01. The van der Waals surface area contributed by atoms with E-state index in [2.05, 4.69) is 0 Å². The number of alkyl halides is 2. The lowest BCUT2D eigenvalue weighted by atomic mass is 9.75. The van der Waals surface area contributed by atoms with E-state index in [1.807, 2.05) is 5.32 Å². The molecule has 1 aliphatic rings. The molecule has 1 amide bonds. The zero-order chi connectivity index (χ0) is 14.3. The van der Waals surface area contributed by atoms with Crippen molar-refractivity contribution in [1.29, 1.82) is 0 Å². The highest BCUT2D eigenvalue weighted by molar-refractivity contribution is 5.97. The maximum Gasteiger partial charge on any atom is 0.352 e. The van der Waals surface area contributed by atoms with Crippen molar-refractivity contribution in [2.24, 2.45) is 0 Å². The third-order valence-corrected chi connectivity index (χ3v) is 3.49. The minimum absolute atomic E-state index is 0.101. The third kappa shape index (κ3) is 2.32. The van der Waals surface area contributed by atoms with Crippen molar-refractivity contribution < 1.29 is 23.1 Å². The van der Waals surface area contributed by atoms with E-state index in [-0.39, 0.29) is 18.5 Å². The lowest BCUT2D eigenvalue weighted by molar-refractivity contribution is -0.212. The van der Waals surface area contributed by atoms with Crippen molar-refractivity contribution in [3.63, 3.8) is 0 Å². The Labute approximate surface area is 108 Å². The number of carbonyl (C=O) groups excluding carboxylic acids is 1. The first kappa shape index (κ1) is 13.9. The van der Waals surface area contributed by atoms with Crippen molar-refractivity contribution in [2.75, 3.05) is 5.32 Å². The van der Waals surface area contributed by atoms with E-state index in [4.69, 9.17) is 0 Å². The molecule has 1 saturated carbocycles. The highest BCUT2D eigenvalue weighted by Gasteiger charge is 2.61. The number of nitrogens with one attached hydrogen (secondary N) is 1. The molecule has 2 N–H and O–H groups in total. The van der Waals surface area contributed by atoms with Crippen molar-refractivity contribution in [2.45, 2.75) is 37.7 Å². The quantitative estimate of drug-likeness (QED) is 0.889. The summed E-state index contributed by atoms with van der Waals surface area (Å²) in [5.74, 6) is -5.93. The number of anilines is 1. The molecule has 0 radical (unpaired) electrons. The molecule has 1 fully saturated rings. The van der Waals surface area contributed by atoms with Crippen LogP contribution in [0.15, 0.2) is 18.2 Å². The van der Waals surface area contributed by atoms with Gasteiger partial charge < -0.3 is 10.4 Å². The van der Waals surface area contributed by atoms with Crippen molar-refractivity contribution in [3.05, 3.63) is 29.6 Å². The second-order valence-corrected chi connectivity index (χ2v) is 4.87.